The molecule has 8 nitrogen and oxygen atoms in total. The molecule has 3 aliphatic heterocycles. The van der Waals surface area contributed by atoms with E-state index in [9.17, 15) is 4.79 Å². The molecule has 136 valence electrons. The number of hydrogen-bond donors (Lipinski definition) is 0. The maximum absolute atomic E-state index is 12.5. The molecule has 3 saturated heterocycles. The van der Waals surface area contributed by atoms with Gasteiger partial charge in [-0.1, -0.05) is 5.16 Å². The monoisotopic (exact) mass is 348 g/mol. The molecule has 8 heteroatoms. The number of carbonyl (C=O) groups excluding carboxylic acids is 1. The highest BCUT2D eigenvalue weighted by molar-refractivity contribution is 5.84. The van der Waals surface area contributed by atoms with Crippen molar-refractivity contribution in [1.82, 2.24) is 19.9 Å². The molecule has 4 aliphatic rings. The van der Waals surface area contributed by atoms with Crippen LogP contribution in [0.5, 0.6) is 0 Å². The number of hydrogen-bond acceptors (Lipinski definition) is 7. The maximum atomic E-state index is 12.5. The summed E-state index contributed by atoms with van der Waals surface area (Å²) >= 11 is 0. The van der Waals surface area contributed by atoms with Gasteiger partial charge in [-0.25, -0.2) is 0 Å². The van der Waals surface area contributed by atoms with Crippen molar-refractivity contribution in [2.24, 2.45) is 5.41 Å². The summed E-state index contributed by atoms with van der Waals surface area (Å²) in [5, 5.41) is 4.09. The predicted octanol–water partition coefficient (Wildman–Crippen LogP) is 0.568. The van der Waals surface area contributed by atoms with E-state index in [0.717, 1.165) is 44.8 Å². The van der Waals surface area contributed by atoms with E-state index < -0.39 is 0 Å². The second-order valence-electron chi connectivity index (χ2n) is 8.04. The highest BCUT2D eigenvalue weighted by Gasteiger charge is 2.48. The van der Waals surface area contributed by atoms with Crippen molar-refractivity contribution in [2.45, 2.75) is 37.8 Å². The molecule has 1 saturated carbocycles. The second kappa shape index (κ2) is 5.75. The van der Waals surface area contributed by atoms with Gasteiger partial charge in [-0.15, -0.1) is 0 Å². The van der Waals surface area contributed by atoms with E-state index in [0.29, 0.717) is 37.7 Å². The van der Waals surface area contributed by atoms with E-state index in [-0.39, 0.29) is 17.4 Å². The first-order valence-electron chi connectivity index (χ1n) is 9.19. The SMILES string of the molecule is CC1(C(=O)N2CC(N3CCOC(c4nc(C5CC5)no4)C3)C2)COC1. The van der Waals surface area contributed by atoms with E-state index in [4.69, 9.17) is 14.0 Å². The number of aromatic nitrogens is 2. The molecular formula is C17H24N4O4. The van der Waals surface area contributed by atoms with Gasteiger partial charge >= 0.3 is 0 Å². The van der Waals surface area contributed by atoms with E-state index in [1.54, 1.807) is 0 Å². The van der Waals surface area contributed by atoms with E-state index in [1.807, 2.05) is 11.8 Å². The van der Waals surface area contributed by atoms with Gasteiger partial charge in [-0.2, -0.15) is 4.98 Å². The normalized spacial score (nSPS) is 30.0. The van der Waals surface area contributed by atoms with Crippen LogP contribution in [0.2, 0.25) is 0 Å². The summed E-state index contributed by atoms with van der Waals surface area (Å²) in [6.07, 6.45) is 2.16. The van der Waals surface area contributed by atoms with E-state index in [2.05, 4.69) is 15.0 Å². The summed E-state index contributed by atoms with van der Waals surface area (Å²) in [6.45, 7) is 6.95. The van der Waals surface area contributed by atoms with Crippen LogP contribution in [0.1, 0.15) is 43.5 Å². The predicted molar refractivity (Wildman–Crippen MR) is 85.8 cm³/mol. The second-order valence-corrected chi connectivity index (χ2v) is 8.04. The Kier molecular flexibility index (Phi) is 3.62. The van der Waals surface area contributed by atoms with Gasteiger partial charge in [0.2, 0.25) is 5.91 Å². The molecule has 1 aliphatic carbocycles. The van der Waals surface area contributed by atoms with Crippen LogP contribution in [0.15, 0.2) is 4.52 Å². The molecule has 0 N–H and O–H groups in total. The zero-order chi connectivity index (χ0) is 17.0. The molecule has 1 aromatic heterocycles. The summed E-state index contributed by atoms with van der Waals surface area (Å²) in [5.74, 6) is 2.14. The average molecular weight is 348 g/mol. The topological polar surface area (TPSA) is 80.9 Å². The fourth-order valence-corrected chi connectivity index (χ4v) is 3.80. The van der Waals surface area contributed by atoms with Crippen LogP contribution >= 0.6 is 0 Å². The van der Waals surface area contributed by atoms with Gasteiger partial charge < -0.3 is 18.9 Å². The van der Waals surface area contributed by atoms with Crippen LogP contribution in [0.4, 0.5) is 0 Å². The van der Waals surface area contributed by atoms with E-state index >= 15 is 0 Å². The first-order valence-corrected chi connectivity index (χ1v) is 9.19. The largest absolute Gasteiger partial charge is 0.379 e. The third kappa shape index (κ3) is 2.76. The highest BCUT2D eigenvalue weighted by Crippen LogP contribution is 2.39. The fraction of sp³-hybridized carbons (Fsp3) is 0.824. The average Bonchev–Trinajstić information content (AvgIpc) is 3.28. The number of likely N-dealkylation sites (tertiary alicyclic amines) is 1. The van der Waals surface area contributed by atoms with Crippen LogP contribution in [-0.2, 0) is 14.3 Å². The summed E-state index contributed by atoms with van der Waals surface area (Å²) in [5.41, 5.74) is -0.304. The van der Waals surface area contributed by atoms with Crippen molar-refractivity contribution in [3.63, 3.8) is 0 Å². The Morgan fingerprint density at radius 1 is 1.24 bits per heavy atom. The van der Waals surface area contributed by atoms with Crippen molar-refractivity contribution in [1.29, 1.82) is 0 Å². The molecule has 4 fully saturated rings. The molecular weight excluding hydrogens is 324 g/mol. The Morgan fingerprint density at radius 3 is 2.72 bits per heavy atom. The summed E-state index contributed by atoms with van der Waals surface area (Å²) < 4.78 is 16.5. The molecule has 25 heavy (non-hydrogen) atoms. The zero-order valence-corrected chi connectivity index (χ0v) is 14.5. The Morgan fingerprint density at radius 2 is 2.04 bits per heavy atom. The number of ether oxygens (including phenoxy) is 2. The first kappa shape index (κ1) is 15.7. The molecule has 5 rings (SSSR count). The maximum Gasteiger partial charge on any atom is 0.257 e. The van der Waals surface area contributed by atoms with Crippen molar-refractivity contribution in [3.05, 3.63) is 11.7 Å². The van der Waals surface area contributed by atoms with Crippen LogP contribution < -0.4 is 0 Å². The third-order valence-electron chi connectivity index (χ3n) is 5.80. The number of nitrogens with zero attached hydrogens (tertiary/aromatic N) is 4. The number of morpholine rings is 1. The van der Waals surface area contributed by atoms with Crippen LogP contribution in [0.3, 0.4) is 0 Å². The zero-order valence-electron chi connectivity index (χ0n) is 14.5. The summed E-state index contributed by atoms with van der Waals surface area (Å²) in [4.78, 5) is 21.3. The van der Waals surface area contributed by atoms with Gasteiger partial charge in [0.25, 0.3) is 5.89 Å². The fourth-order valence-electron chi connectivity index (χ4n) is 3.80. The van der Waals surface area contributed by atoms with Crippen molar-refractivity contribution >= 4 is 5.91 Å². The van der Waals surface area contributed by atoms with Crippen LogP contribution in [-0.4, -0.2) is 77.9 Å². The van der Waals surface area contributed by atoms with Crippen LogP contribution in [0, 0.1) is 5.41 Å². The Balaban J connectivity index is 1.17. The quantitative estimate of drug-likeness (QED) is 0.787. The Labute approximate surface area is 146 Å². The molecule has 4 heterocycles. The molecule has 0 spiro atoms. The lowest BCUT2D eigenvalue weighted by atomic mass is 9.85. The molecule has 1 amide bonds. The Bertz CT molecular complexity index is 663. The molecule has 0 radical (unpaired) electrons. The van der Waals surface area contributed by atoms with Gasteiger partial charge in [0.15, 0.2) is 5.82 Å². The molecule has 1 aromatic rings. The third-order valence-corrected chi connectivity index (χ3v) is 5.80. The molecule has 1 unspecified atom stereocenters. The number of carbonyl (C=O) groups is 1. The van der Waals surface area contributed by atoms with Gasteiger partial charge in [-0.05, 0) is 19.8 Å². The standard InChI is InChI=1S/C17H24N4O4/c1-17(9-23-10-17)16(22)21-6-12(7-21)20-4-5-24-13(8-20)15-18-14(19-25-15)11-2-3-11/h11-13H,2-10H2,1H3. The Hall–Kier alpha value is -1.51. The van der Waals surface area contributed by atoms with Gasteiger partial charge in [0.05, 0.1) is 25.2 Å². The molecule has 1 atom stereocenters. The van der Waals surface area contributed by atoms with Gasteiger partial charge in [0.1, 0.15) is 6.10 Å². The van der Waals surface area contributed by atoms with Crippen molar-refractivity contribution in [2.75, 3.05) is 46.0 Å². The first-order chi connectivity index (χ1) is 12.1. The minimum Gasteiger partial charge on any atom is -0.379 e. The van der Waals surface area contributed by atoms with Crippen LogP contribution in [0.25, 0.3) is 0 Å². The minimum absolute atomic E-state index is 0.156. The van der Waals surface area contributed by atoms with Crippen molar-refractivity contribution < 1.29 is 18.8 Å². The summed E-state index contributed by atoms with van der Waals surface area (Å²) in [6, 6.07) is 0.394. The van der Waals surface area contributed by atoms with Gasteiger partial charge in [-0.3, -0.25) is 9.69 Å². The lowest BCUT2D eigenvalue weighted by Gasteiger charge is -2.51. The molecule has 0 aromatic carbocycles. The number of amides is 1. The van der Waals surface area contributed by atoms with Crippen molar-refractivity contribution in [3.8, 4) is 0 Å². The minimum atomic E-state index is -0.304. The summed E-state index contributed by atoms with van der Waals surface area (Å²) in [7, 11) is 0. The van der Waals surface area contributed by atoms with Gasteiger partial charge in [0, 0.05) is 38.1 Å². The lowest BCUT2D eigenvalue weighted by molar-refractivity contribution is -0.177. The van der Waals surface area contributed by atoms with E-state index in [1.165, 1.54) is 0 Å². The molecule has 0 bridgehead atoms. The number of rotatable bonds is 4. The smallest absolute Gasteiger partial charge is 0.257 e. The highest BCUT2D eigenvalue weighted by atomic mass is 16.5. The lowest BCUT2D eigenvalue weighted by Crippen LogP contribution is -2.66.